The second kappa shape index (κ2) is 8.46. The van der Waals surface area contributed by atoms with Crippen molar-refractivity contribution < 1.29 is 0 Å². The zero-order valence-electron chi connectivity index (χ0n) is 16.7. The Morgan fingerprint density at radius 1 is 0.731 bits per heavy atom. The lowest BCUT2D eigenvalue weighted by atomic mass is 10.0. The maximum atomic E-state index is 6.19. The van der Waals surface area contributed by atoms with Gasteiger partial charge in [-0.2, -0.15) is 0 Å². The third kappa shape index (κ3) is 4.70. The number of aromatic nitrogens is 2. The van der Waals surface area contributed by atoms with E-state index in [0.717, 1.165) is 16.8 Å². The SMILES string of the molecule is Cc1cc(C)c(C)c(C)c1.Cc1nc(C)c(-c2ccccc2C)c(Cl)n1. The van der Waals surface area contributed by atoms with Gasteiger partial charge in [0.15, 0.2) is 0 Å². The number of nitrogens with zero attached hydrogens (tertiary/aromatic N) is 2. The van der Waals surface area contributed by atoms with E-state index in [9.17, 15) is 0 Å². The Hall–Kier alpha value is -2.19. The van der Waals surface area contributed by atoms with Crippen LogP contribution >= 0.6 is 11.6 Å². The third-order valence-electron chi connectivity index (χ3n) is 4.64. The summed E-state index contributed by atoms with van der Waals surface area (Å²) in [6.45, 7) is 14.5. The van der Waals surface area contributed by atoms with Gasteiger partial charge in [0.2, 0.25) is 0 Å². The fourth-order valence-electron chi connectivity index (χ4n) is 3.08. The molecule has 26 heavy (non-hydrogen) atoms. The van der Waals surface area contributed by atoms with Gasteiger partial charge < -0.3 is 0 Å². The summed E-state index contributed by atoms with van der Waals surface area (Å²) in [5.74, 6) is 0.708. The van der Waals surface area contributed by atoms with Crippen LogP contribution in [0.5, 0.6) is 0 Å². The minimum Gasteiger partial charge on any atom is -0.238 e. The predicted molar refractivity (Wildman–Crippen MR) is 112 cm³/mol. The summed E-state index contributed by atoms with van der Waals surface area (Å²) in [5, 5.41) is 0.527. The maximum absolute atomic E-state index is 6.19. The van der Waals surface area contributed by atoms with Crippen molar-refractivity contribution in [3.05, 3.63) is 80.9 Å². The molecule has 0 saturated heterocycles. The van der Waals surface area contributed by atoms with Gasteiger partial charge in [-0.05, 0) is 76.3 Å². The van der Waals surface area contributed by atoms with E-state index in [1.807, 2.05) is 32.0 Å². The van der Waals surface area contributed by atoms with Gasteiger partial charge in [0, 0.05) is 5.56 Å². The molecule has 2 aromatic carbocycles. The molecule has 0 radical (unpaired) electrons. The molecule has 0 saturated carbocycles. The van der Waals surface area contributed by atoms with Gasteiger partial charge in [0.05, 0.1) is 5.69 Å². The van der Waals surface area contributed by atoms with Gasteiger partial charge in [0.1, 0.15) is 11.0 Å². The first-order valence-corrected chi connectivity index (χ1v) is 9.19. The van der Waals surface area contributed by atoms with E-state index >= 15 is 0 Å². The largest absolute Gasteiger partial charge is 0.238 e. The minimum absolute atomic E-state index is 0.527. The van der Waals surface area contributed by atoms with E-state index < -0.39 is 0 Å². The van der Waals surface area contributed by atoms with Crippen molar-refractivity contribution in [2.45, 2.75) is 48.5 Å². The summed E-state index contributed by atoms with van der Waals surface area (Å²) in [7, 11) is 0. The van der Waals surface area contributed by atoms with Crippen molar-refractivity contribution in [1.29, 1.82) is 0 Å². The molecule has 0 N–H and O–H groups in total. The molecule has 0 bridgehead atoms. The van der Waals surface area contributed by atoms with Crippen LogP contribution in [0.15, 0.2) is 36.4 Å². The average Bonchev–Trinajstić information content (AvgIpc) is 2.54. The summed E-state index contributed by atoms with van der Waals surface area (Å²) < 4.78 is 0. The normalized spacial score (nSPS) is 10.3. The Bertz CT molecular complexity index is 883. The smallest absolute Gasteiger partial charge is 0.140 e. The zero-order valence-corrected chi connectivity index (χ0v) is 17.5. The fourth-order valence-corrected chi connectivity index (χ4v) is 3.44. The van der Waals surface area contributed by atoms with Crippen LogP contribution in [0.3, 0.4) is 0 Å². The van der Waals surface area contributed by atoms with Gasteiger partial charge in [-0.25, -0.2) is 9.97 Å². The number of hydrogen-bond acceptors (Lipinski definition) is 2. The molecule has 0 amide bonds. The minimum atomic E-state index is 0.527. The van der Waals surface area contributed by atoms with Crippen LogP contribution in [0.25, 0.3) is 11.1 Å². The molecule has 0 atom stereocenters. The number of rotatable bonds is 1. The van der Waals surface area contributed by atoms with E-state index in [0.29, 0.717) is 11.0 Å². The molecular weight excluding hydrogens is 340 g/mol. The molecule has 0 aliphatic carbocycles. The molecule has 136 valence electrons. The molecule has 0 spiro atoms. The van der Waals surface area contributed by atoms with Crippen molar-refractivity contribution >= 4 is 11.6 Å². The summed E-state index contributed by atoms with van der Waals surface area (Å²) in [6.07, 6.45) is 0. The third-order valence-corrected chi connectivity index (χ3v) is 4.92. The number of halogens is 1. The highest BCUT2D eigenvalue weighted by atomic mass is 35.5. The van der Waals surface area contributed by atoms with Crippen molar-refractivity contribution in [3.63, 3.8) is 0 Å². The first-order chi connectivity index (χ1) is 12.2. The molecule has 0 unspecified atom stereocenters. The van der Waals surface area contributed by atoms with Crippen LogP contribution in [0, 0.1) is 48.5 Å². The topological polar surface area (TPSA) is 25.8 Å². The van der Waals surface area contributed by atoms with Crippen LogP contribution < -0.4 is 0 Å². The Morgan fingerprint density at radius 3 is 1.85 bits per heavy atom. The molecule has 2 nitrogen and oxygen atoms in total. The molecule has 1 aromatic heterocycles. The molecule has 1 heterocycles. The van der Waals surface area contributed by atoms with Crippen molar-refractivity contribution in [1.82, 2.24) is 9.97 Å². The van der Waals surface area contributed by atoms with Crippen molar-refractivity contribution in [2.24, 2.45) is 0 Å². The van der Waals surface area contributed by atoms with E-state index in [1.54, 1.807) is 0 Å². The van der Waals surface area contributed by atoms with Crippen LogP contribution in [0.2, 0.25) is 5.15 Å². The Morgan fingerprint density at radius 2 is 1.31 bits per heavy atom. The van der Waals surface area contributed by atoms with E-state index in [1.165, 1.54) is 27.8 Å². The zero-order chi connectivity index (χ0) is 19.4. The quantitative estimate of drug-likeness (QED) is 0.451. The van der Waals surface area contributed by atoms with Crippen LogP contribution in [0.4, 0.5) is 0 Å². The number of hydrogen-bond donors (Lipinski definition) is 0. The highest BCUT2D eigenvalue weighted by molar-refractivity contribution is 6.32. The molecule has 0 fully saturated rings. The summed E-state index contributed by atoms with van der Waals surface area (Å²) >= 11 is 6.19. The Balaban J connectivity index is 0.000000209. The monoisotopic (exact) mass is 366 g/mol. The average molecular weight is 367 g/mol. The van der Waals surface area contributed by atoms with Gasteiger partial charge in [-0.1, -0.05) is 53.6 Å². The van der Waals surface area contributed by atoms with Crippen molar-refractivity contribution in [2.75, 3.05) is 0 Å². The van der Waals surface area contributed by atoms with E-state index in [-0.39, 0.29) is 0 Å². The van der Waals surface area contributed by atoms with Gasteiger partial charge >= 0.3 is 0 Å². The molecule has 3 aromatic rings. The van der Waals surface area contributed by atoms with Crippen LogP contribution in [-0.4, -0.2) is 9.97 Å². The van der Waals surface area contributed by atoms with Crippen LogP contribution in [-0.2, 0) is 0 Å². The Labute approximate surface area is 162 Å². The van der Waals surface area contributed by atoms with Gasteiger partial charge in [-0.15, -0.1) is 0 Å². The number of benzene rings is 2. The fraction of sp³-hybridized carbons (Fsp3) is 0.304. The maximum Gasteiger partial charge on any atom is 0.140 e. The van der Waals surface area contributed by atoms with Crippen molar-refractivity contribution in [3.8, 4) is 11.1 Å². The second-order valence-corrected chi connectivity index (χ2v) is 7.22. The Kier molecular flexibility index (Phi) is 6.55. The van der Waals surface area contributed by atoms with E-state index in [2.05, 4.69) is 62.8 Å². The highest BCUT2D eigenvalue weighted by Crippen LogP contribution is 2.30. The second-order valence-electron chi connectivity index (χ2n) is 6.86. The lowest BCUT2D eigenvalue weighted by molar-refractivity contribution is 1.01. The summed E-state index contributed by atoms with van der Waals surface area (Å²) in [4.78, 5) is 8.56. The number of aryl methyl sites for hydroxylation is 6. The predicted octanol–water partition coefficient (Wildman–Crippen LogP) is 6.64. The van der Waals surface area contributed by atoms with Gasteiger partial charge in [-0.3, -0.25) is 0 Å². The lowest BCUT2D eigenvalue weighted by Crippen LogP contribution is -1.97. The van der Waals surface area contributed by atoms with Gasteiger partial charge in [0.25, 0.3) is 0 Å². The summed E-state index contributed by atoms with van der Waals surface area (Å²) in [6, 6.07) is 12.6. The molecule has 0 aliphatic rings. The molecule has 3 heteroatoms. The lowest BCUT2D eigenvalue weighted by Gasteiger charge is -2.10. The first kappa shape index (κ1) is 20.1. The van der Waals surface area contributed by atoms with E-state index in [4.69, 9.17) is 11.6 Å². The highest BCUT2D eigenvalue weighted by Gasteiger charge is 2.12. The van der Waals surface area contributed by atoms with Crippen LogP contribution in [0.1, 0.15) is 39.3 Å². The molecule has 0 aliphatic heterocycles. The summed E-state index contributed by atoms with van der Waals surface area (Å²) in [5.41, 5.74) is 9.73. The standard InChI is InChI=1S/C13H13ClN2.C10H14/c1-8-6-4-5-7-11(8)12-9(2)15-10(3)16-13(12)14;1-7-5-8(2)10(4)9(3)6-7/h4-7H,1-3H3;5-6H,1-4H3. The molecular formula is C23H27ClN2. The first-order valence-electron chi connectivity index (χ1n) is 8.82. The molecule has 3 rings (SSSR count).